The van der Waals surface area contributed by atoms with Crippen LogP contribution in [0.5, 0.6) is 0 Å². The van der Waals surface area contributed by atoms with Crippen molar-refractivity contribution in [3.8, 4) is 0 Å². The van der Waals surface area contributed by atoms with E-state index in [1.807, 2.05) is 6.92 Å². The fourth-order valence-electron chi connectivity index (χ4n) is 1.06. The quantitative estimate of drug-likeness (QED) is 0.250. The lowest BCUT2D eigenvalue weighted by Gasteiger charge is -2.23. The molecular formula is C9H15N3O2S2. The highest BCUT2D eigenvalue weighted by molar-refractivity contribution is 8.24. The Morgan fingerprint density at radius 2 is 2.31 bits per heavy atom. The Balaban J connectivity index is 4.39. The van der Waals surface area contributed by atoms with E-state index in [2.05, 4.69) is 10.0 Å². The first-order valence-corrected chi connectivity index (χ1v) is 6.15. The van der Waals surface area contributed by atoms with Crippen LogP contribution < -0.4 is 0 Å². The summed E-state index contributed by atoms with van der Waals surface area (Å²) in [5, 5.41) is 12.5. The van der Waals surface area contributed by atoms with Crippen LogP contribution >= 0.6 is 24.0 Å². The summed E-state index contributed by atoms with van der Waals surface area (Å²) in [4.78, 5) is 13.8. The van der Waals surface area contributed by atoms with Gasteiger partial charge in [0.1, 0.15) is 4.75 Å². The van der Waals surface area contributed by atoms with Gasteiger partial charge in [0.05, 0.1) is 0 Å². The molecule has 7 heteroatoms. The molecular weight excluding hydrogens is 246 g/mol. The number of carboxylic acids is 1. The maximum Gasteiger partial charge on any atom is 0.319 e. The standard InChI is InChI=1S/C9H15N3O2S2/c1-3-7(15)16-9(2,8(13)14)5-4-6-11-12-10/h3-6H2,1-2H3,(H,13,14). The van der Waals surface area contributed by atoms with Crippen LogP contribution in [0.15, 0.2) is 5.11 Å². The molecule has 1 N–H and O–H groups in total. The van der Waals surface area contributed by atoms with Gasteiger partial charge in [-0.1, -0.05) is 24.3 Å². The first kappa shape index (κ1) is 15.2. The molecule has 0 aliphatic rings. The van der Waals surface area contributed by atoms with E-state index in [4.69, 9.17) is 22.9 Å². The molecule has 0 saturated carbocycles. The minimum absolute atomic E-state index is 0.318. The summed E-state index contributed by atoms with van der Waals surface area (Å²) >= 11 is 6.25. The van der Waals surface area contributed by atoms with Crippen LogP contribution in [0.4, 0.5) is 0 Å². The first-order chi connectivity index (χ1) is 7.46. The van der Waals surface area contributed by atoms with Gasteiger partial charge in [-0.25, -0.2) is 0 Å². The maximum absolute atomic E-state index is 11.2. The monoisotopic (exact) mass is 261 g/mol. The van der Waals surface area contributed by atoms with Crippen LogP contribution in [0.25, 0.3) is 10.4 Å². The first-order valence-electron chi connectivity index (χ1n) is 4.92. The van der Waals surface area contributed by atoms with Crippen LogP contribution in [-0.2, 0) is 4.79 Å². The van der Waals surface area contributed by atoms with Crippen molar-refractivity contribution in [1.29, 1.82) is 0 Å². The minimum atomic E-state index is -0.919. The third-order valence-electron chi connectivity index (χ3n) is 2.06. The Kier molecular flexibility index (Phi) is 7.12. The molecule has 0 aromatic carbocycles. The van der Waals surface area contributed by atoms with Crippen molar-refractivity contribution in [2.75, 3.05) is 6.54 Å². The largest absolute Gasteiger partial charge is 0.480 e. The van der Waals surface area contributed by atoms with Gasteiger partial charge in [-0.15, -0.1) is 11.8 Å². The Morgan fingerprint density at radius 3 is 2.75 bits per heavy atom. The lowest BCUT2D eigenvalue weighted by Crippen LogP contribution is -2.32. The predicted octanol–water partition coefficient (Wildman–Crippen LogP) is 3.39. The summed E-state index contributed by atoms with van der Waals surface area (Å²) in [5.41, 5.74) is 8.10. The van der Waals surface area contributed by atoms with E-state index in [9.17, 15) is 4.79 Å². The van der Waals surface area contributed by atoms with Crippen molar-refractivity contribution in [3.63, 3.8) is 0 Å². The lowest BCUT2D eigenvalue weighted by molar-refractivity contribution is -0.139. The Morgan fingerprint density at radius 1 is 1.69 bits per heavy atom. The van der Waals surface area contributed by atoms with Crippen molar-refractivity contribution in [2.24, 2.45) is 5.11 Å². The molecule has 0 aromatic heterocycles. The number of carbonyl (C=O) groups is 1. The van der Waals surface area contributed by atoms with Crippen LogP contribution in [-0.4, -0.2) is 26.6 Å². The molecule has 0 spiro atoms. The molecule has 5 nitrogen and oxygen atoms in total. The number of nitrogens with zero attached hydrogens (tertiary/aromatic N) is 3. The number of thiocarbonyl (C=S) groups is 1. The fraction of sp³-hybridized carbons (Fsp3) is 0.778. The second-order valence-corrected chi connectivity index (χ2v) is 5.77. The van der Waals surface area contributed by atoms with Gasteiger partial charge < -0.3 is 5.11 Å². The van der Waals surface area contributed by atoms with E-state index >= 15 is 0 Å². The van der Waals surface area contributed by atoms with Crippen LogP contribution in [0.3, 0.4) is 0 Å². The smallest absolute Gasteiger partial charge is 0.319 e. The van der Waals surface area contributed by atoms with Gasteiger partial charge in [0.15, 0.2) is 0 Å². The molecule has 0 aliphatic carbocycles. The third-order valence-corrected chi connectivity index (χ3v) is 3.94. The summed E-state index contributed by atoms with van der Waals surface area (Å²) in [5.74, 6) is -0.880. The highest BCUT2D eigenvalue weighted by Gasteiger charge is 2.34. The highest BCUT2D eigenvalue weighted by atomic mass is 32.2. The summed E-state index contributed by atoms with van der Waals surface area (Å²) in [6.45, 7) is 3.87. The Labute approximate surface area is 104 Å². The molecule has 0 rings (SSSR count). The van der Waals surface area contributed by atoms with Gasteiger partial charge in [-0.05, 0) is 31.7 Å². The Bertz CT molecular complexity index is 316. The van der Waals surface area contributed by atoms with E-state index in [-0.39, 0.29) is 0 Å². The van der Waals surface area contributed by atoms with Gasteiger partial charge in [0.25, 0.3) is 0 Å². The van der Waals surface area contributed by atoms with Gasteiger partial charge in [0, 0.05) is 15.7 Å². The van der Waals surface area contributed by atoms with Crippen molar-refractivity contribution >= 4 is 34.1 Å². The zero-order chi connectivity index (χ0) is 12.6. The molecule has 0 aliphatic heterocycles. The van der Waals surface area contributed by atoms with Gasteiger partial charge >= 0.3 is 5.97 Å². The second kappa shape index (κ2) is 7.49. The molecule has 1 unspecified atom stereocenters. The number of rotatable bonds is 7. The van der Waals surface area contributed by atoms with Gasteiger partial charge in [-0.3, -0.25) is 4.79 Å². The van der Waals surface area contributed by atoms with Crippen molar-refractivity contribution in [1.82, 2.24) is 0 Å². The molecule has 0 heterocycles. The highest BCUT2D eigenvalue weighted by Crippen LogP contribution is 2.32. The fourth-order valence-corrected chi connectivity index (χ4v) is 2.59. The molecule has 0 bridgehead atoms. The van der Waals surface area contributed by atoms with E-state index < -0.39 is 10.7 Å². The van der Waals surface area contributed by atoms with Crippen LogP contribution in [0.1, 0.15) is 33.1 Å². The minimum Gasteiger partial charge on any atom is -0.480 e. The predicted molar refractivity (Wildman–Crippen MR) is 69.8 cm³/mol. The topological polar surface area (TPSA) is 86.1 Å². The number of aliphatic carboxylic acids is 1. The molecule has 1 atom stereocenters. The van der Waals surface area contributed by atoms with E-state index in [0.717, 1.165) is 0 Å². The Hall–Kier alpha value is -0.780. The van der Waals surface area contributed by atoms with E-state index in [1.165, 1.54) is 11.8 Å². The number of hydrogen-bond donors (Lipinski definition) is 1. The molecule has 0 fully saturated rings. The second-order valence-electron chi connectivity index (χ2n) is 3.42. The number of thioether (sulfide) groups is 1. The molecule has 0 saturated heterocycles. The van der Waals surface area contributed by atoms with Crippen LogP contribution in [0.2, 0.25) is 0 Å². The number of carboxylic acid groups (broad SMARTS) is 1. The molecule has 0 radical (unpaired) electrons. The van der Waals surface area contributed by atoms with E-state index in [1.54, 1.807) is 6.92 Å². The van der Waals surface area contributed by atoms with Crippen molar-refractivity contribution in [3.05, 3.63) is 10.4 Å². The van der Waals surface area contributed by atoms with E-state index in [0.29, 0.717) is 30.0 Å². The third kappa shape index (κ3) is 5.34. The maximum atomic E-state index is 11.2. The summed E-state index contributed by atoms with van der Waals surface area (Å²) in [7, 11) is 0. The van der Waals surface area contributed by atoms with Crippen LogP contribution in [0, 0.1) is 0 Å². The normalized spacial score (nSPS) is 13.6. The molecule has 90 valence electrons. The summed E-state index contributed by atoms with van der Waals surface area (Å²) in [6, 6.07) is 0. The van der Waals surface area contributed by atoms with Crippen molar-refractivity contribution < 1.29 is 9.90 Å². The zero-order valence-corrected chi connectivity index (χ0v) is 11.0. The zero-order valence-electron chi connectivity index (χ0n) is 9.34. The lowest BCUT2D eigenvalue weighted by atomic mass is 10.1. The average molecular weight is 261 g/mol. The number of hydrogen-bond acceptors (Lipinski definition) is 4. The number of azide groups is 1. The molecule has 16 heavy (non-hydrogen) atoms. The summed E-state index contributed by atoms with van der Waals surface area (Å²) < 4.78 is -0.230. The average Bonchev–Trinajstić information content (AvgIpc) is 2.24. The molecule has 0 aromatic rings. The molecule has 0 amide bonds. The van der Waals surface area contributed by atoms with Gasteiger partial charge in [-0.2, -0.15) is 0 Å². The van der Waals surface area contributed by atoms with Gasteiger partial charge in [0.2, 0.25) is 0 Å². The summed E-state index contributed by atoms with van der Waals surface area (Å²) in [6.07, 6.45) is 1.66. The van der Waals surface area contributed by atoms with Crippen molar-refractivity contribution in [2.45, 2.75) is 37.9 Å². The SMILES string of the molecule is CCC(=S)SC(C)(CCCN=[N+]=[N-])C(=O)O.